The van der Waals surface area contributed by atoms with Gasteiger partial charge in [-0.1, -0.05) is 12.1 Å². The van der Waals surface area contributed by atoms with Gasteiger partial charge in [0.2, 0.25) is 0 Å². The normalized spacial score (nSPS) is 15.0. The number of halogens is 1. The Balaban J connectivity index is 2.03. The predicted molar refractivity (Wildman–Crippen MR) is 74.6 cm³/mol. The standard InChI is InChI=1S/C13H12BrN3/c14-10-7-9-3-1-4-11(13(9)16-8-10)17-12-5-2-6-15-12/h1,3-4,7-8H,2,5-6H2,(H,15,17). The van der Waals surface area contributed by atoms with E-state index in [0.29, 0.717) is 0 Å². The first kappa shape index (κ1) is 10.7. The molecule has 3 nitrogen and oxygen atoms in total. The molecular formula is C13H12BrN3. The molecule has 0 amide bonds. The predicted octanol–water partition coefficient (Wildman–Crippen LogP) is 3.60. The minimum Gasteiger partial charge on any atom is -0.342 e. The van der Waals surface area contributed by atoms with Crippen LogP contribution in [-0.4, -0.2) is 17.4 Å². The summed E-state index contributed by atoms with van der Waals surface area (Å²) in [5.74, 6) is 1.07. The van der Waals surface area contributed by atoms with Crippen LogP contribution in [0.1, 0.15) is 12.8 Å². The number of nitrogens with one attached hydrogen (secondary N) is 1. The number of amidine groups is 1. The highest BCUT2D eigenvalue weighted by molar-refractivity contribution is 9.10. The lowest BCUT2D eigenvalue weighted by molar-refractivity contribution is 0.951. The largest absolute Gasteiger partial charge is 0.342 e. The Morgan fingerprint density at radius 2 is 2.24 bits per heavy atom. The van der Waals surface area contributed by atoms with Crippen LogP contribution in [0.2, 0.25) is 0 Å². The van der Waals surface area contributed by atoms with Gasteiger partial charge in [0.25, 0.3) is 0 Å². The maximum Gasteiger partial charge on any atom is 0.101 e. The average molecular weight is 290 g/mol. The van der Waals surface area contributed by atoms with Gasteiger partial charge < -0.3 is 5.32 Å². The maximum atomic E-state index is 4.46. The van der Waals surface area contributed by atoms with E-state index in [-0.39, 0.29) is 0 Å². The summed E-state index contributed by atoms with van der Waals surface area (Å²) in [5, 5.41) is 4.50. The van der Waals surface area contributed by atoms with E-state index >= 15 is 0 Å². The quantitative estimate of drug-likeness (QED) is 0.871. The number of benzene rings is 1. The fourth-order valence-corrected chi connectivity index (χ4v) is 2.38. The highest BCUT2D eigenvalue weighted by atomic mass is 79.9. The molecule has 86 valence electrons. The number of hydrogen-bond acceptors (Lipinski definition) is 3. The van der Waals surface area contributed by atoms with Crippen molar-refractivity contribution in [1.29, 1.82) is 0 Å². The van der Waals surface area contributed by atoms with Crippen LogP contribution in [0.3, 0.4) is 0 Å². The van der Waals surface area contributed by atoms with Crippen LogP contribution < -0.4 is 5.32 Å². The molecule has 0 aliphatic carbocycles. The first-order chi connectivity index (χ1) is 8.33. The number of fused-ring (bicyclic) bond motifs is 1. The molecule has 2 aromatic rings. The van der Waals surface area contributed by atoms with Crippen molar-refractivity contribution in [2.75, 3.05) is 11.9 Å². The summed E-state index contributed by atoms with van der Waals surface area (Å²) in [7, 11) is 0. The Labute approximate surface area is 108 Å². The zero-order valence-electron chi connectivity index (χ0n) is 9.28. The van der Waals surface area contributed by atoms with E-state index in [1.165, 1.54) is 0 Å². The lowest BCUT2D eigenvalue weighted by Gasteiger charge is -2.08. The minimum atomic E-state index is 0.937. The van der Waals surface area contributed by atoms with E-state index in [1.807, 2.05) is 18.3 Å². The molecule has 0 fully saturated rings. The molecule has 0 atom stereocenters. The van der Waals surface area contributed by atoms with Crippen LogP contribution in [0.15, 0.2) is 39.9 Å². The van der Waals surface area contributed by atoms with Crippen LogP contribution in [0.25, 0.3) is 10.9 Å². The van der Waals surface area contributed by atoms with Crippen molar-refractivity contribution in [3.05, 3.63) is 34.9 Å². The molecule has 1 N–H and O–H groups in total. The van der Waals surface area contributed by atoms with Gasteiger partial charge in [-0.05, 0) is 34.5 Å². The molecule has 1 aromatic carbocycles. The van der Waals surface area contributed by atoms with Crippen LogP contribution >= 0.6 is 15.9 Å². The van der Waals surface area contributed by atoms with Crippen molar-refractivity contribution in [3.8, 4) is 0 Å². The Morgan fingerprint density at radius 3 is 3.06 bits per heavy atom. The molecule has 0 radical (unpaired) electrons. The summed E-state index contributed by atoms with van der Waals surface area (Å²) in [6, 6.07) is 8.22. The molecule has 0 unspecified atom stereocenters. The number of anilines is 1. The van der Waals surface area contributed by atoms with Gasteiger partial charge in [-0.3, -0.25) is 9.98 Å². The highest BCUT2D eigenvalue weighted by Crippen LogP contribution is 2.24. The zero-order chi connectivity index (χ0) is 11.7. The van der Waals surface area contributed by atoms with E-state index in [9.17, 15) is 0 Å². The van der Waals surface area contributed by atoms with Crippen LogP contribution in [0.5, 0.6) is 0 Å². The number of hydrogen-bond donors (Lipinski definition) is 1. The lowest BCUT2D eigenvalue weighted by Crippen LogP contribution is -2.08. The van der Waals surface area contributed by atoms with Gasteiger partial charge >= 0.3 is 0 Å². The number of rotatable bonds is 1. The summed E-state index contributed by atoms with van der Waals surface area (Å²) in [4.78, 5) is 8.88. The minimum absolute atomic E-state index is 0.937. The number of aromatic nitrogens is 1. The number of aliphatic imine (C=N–C) groups is 1. The van der Waals surface area contributed by atoms with Crippen molar-refractivity contribution in [3.63, 3.8) is 0 Å². The van der Waals surface area contributed by atoms with Crippen molar-refractivity contribution >= 4 is 38.4 Å². The van der Waals surface area contributed by atoms with Gasteiger partial charge in [-0.15, -0.1) is 0 Å². The second-order valence-electron chi connectivity index (χ2n) is 4.09. The average Bonchev–Trinajstić information content (AvgIpc) is 2.82. The number of nitrogens with zero attached hydrogens (tertiary/aromatic N) is 2. The van der Waals surface area contributed by atoms with Gasteiger partial charge in [0, 0.05) is 29.0 Å². The Hall–Kier alpha value is -1.42. The molecule has 1 aromatic heterocycles. The third-order valence-electron chi connectivity index (χ3n) is 2.83. The van der Waals surface area contributed by atoms with Gasteiger partial charge in [0.1, 0.15) is 5.84 Å². The maximum absolute atomic E-state index is 4.46. The molecule has 0 saturated heterocycles. The van der Waals surface area contributed by atoms with Crippen molar-refractivity contribution in [1.82, 2.24) is 4.98 Å². The van der Waals surface area contributed by atoms with Crippen molar-refractivity contribution in [2.45, 2.75) is 12.8 Å². The van der Waals surface area contributed by atoms with E-state index in [4.69, 9.17) is 0 Å². The summed E-state index contributed by atoms with van der Waals surface area (Å²) >= 11 is 3.44. The van der Waals surface area contributed by atoms with Crippen LogP contribution in [0.4, 0.5) is 5.69 Å². The van der Waals surface area contributed by atoms with Crippen LogP contribution in [-0.2, 0) is 0 Å². The molecule has 1 aliphatic heterocycles. The summed E-state index contributed by atoms with van der Waals surface area (Å²) in [6.45, 7) is 0.937. The van der Waals surface area contributed by atoms with E-state index in [0.717, 1.165) is 46.3 Å². The Bertz CT molecular complexity index is 592. The SMILES string of the molecule is Brc1cnc2c(NC3=NCCC3)cccc2c1. The topological polar surface area (TPSA) is 37.3 Å². The fraction of sp³-hybridized carbons (Fsp3) is 0.231. The van der Waals surface area contributed by atoms with Gasteiger partial charge in [0.05, 0.1) is 11.2 Å². The molecule has 0 saturated carbocycles. The molecule has 3 rings (SSSR count). The van der Waals surface area contributed by atoms with Crippen molar-refractivity contribution < 1.29 is 0 Å². The molecule has 0 bridgehead atoms. The first-order valence-corrected chi connectivity index (χ1v) is 6.47. The molecule has 4 heteroatoms. The summed E-state index contributed by atoms with van der Waals surface area (Å²) < 4.78 is 1.00. The smallest absolute Gasteiger partial charge is 0.101 e. The molecule has 0 spiro atoms. The van der Waals surface area contributed by atoms with E-state index in [2.05, 4.69) is 43.4 Å². The van der Waals surface area contributed by atoms with Gasteiger partial charge in [-0.2, -0.15) is 0 Å². The molecular weight excluding hydrogens is 278 g/mol. The molecule has 1 aliphatic rings. The van der Waals surface area contributed by atoms with Gasteiger partial charge in [-0.25, -0.2) is 0 Å². The number of para-hydroxylation sites is 1. The van der Waals surface area contributed by atoms with E-state index < -0.39 is 0 Å². The monoisotopic (exact) mass is 289 g/mol. The third kappa shape index (κ3) is 2.17. The second-order valence-corrected chi connectivity index (χ2v) is 5.00. The third-order valence-corrected chi connectivity index (χ3v) is 3.26. The lowest BCUT2D eigenvalue weighted by atomic mass is 10.2. The van der Waals surface area contributed by atoms with Gasteiger partial charge in [0.15, 0.2) is 0 Å². The molecule has 17 heavy (non-hydrogen) atoms. The Kier molecular flexibility index (Phi) is 2.81. The van der Waals surface area contributed by atoms with Crippen molar-refractivity contribution in [2.24, 2.45) is 4.99 Å². The first-order valence-electron chi connectivity index (χ1n) is 5.67. The number of pyridine rings is 1. The second kappa shape index (κ2) is 4.45. The summed E-state index contributed by atoms with van der Waals surface area (Å²) in [5.41, 5.74) is 2.03. The van der Waals surface area contributed by atoms with E-state index in [1.54, 1.807) is 0 Å². The Morgan fingerprint density at radius 1 is 1.29 bits per heavy atom. The molecule has 2 heterocycles. The zero-order valence-corrected chi connectivity index (χ0v) is 10.9. The highest BCUT2D eigenvalue weighted by Gasteiger charge is 2.08. The van der Waals surface area contributed by atoms with Crippen LogP contribution in [0, 0.1) is 0 Å². The summed E-state index contributed by atoms with van der Waals surface area (Å²) in [6.07, 6.45) is 4.00. The fourth-order valence-electron chi connectivity index (χ4n) is 2.03.